The molecule has 0 aromatic heterocycles. The van der Waals surface area contributed by atoms with Crippen molar-refractivity contribution in [2.45, 2.75) is 13.0 Å². The first-order chi connectivity index (χ1) is 9.93. The molecule has 0 aliphatic carbocycles. The van der Waals surface area contributed by atoms with E-state index < -0.39 is 6.04 Å². The van der Waals surface area contributed by atoms with Crippen molar-refractivity contribution >= 4 is 43.5 Å². The predicted octanol–water partition coefficient (Wildman–Crippen LogP) is 5.84. The summed E-state index contributed by atoms with van der Waals surface area (Å²) in [5.74, 6) is -0.735. The molecule has 0 aliphatic rings. The second-order valence-electron chi connectivity index (χ2n) is 4.45. The fourth-order valence-corrected chi connectivity index (χ4v) is 2.95. The van der Waals surface area contributed by atoms with Gasteiger partial charge in [-0.2, -0.15) is 0 Å². The Hall–Kier alpha value is -0.490. The van der Waals surface area contributed by atoms with Crippen LogP contribution < -0.4 is 5.32 Å². The molecule has 1 nitrogen and oxygen atoms in total. The van der Waals surface area contributed by atoms with Gasteiger partial charge in [-0.3, -0.25) is 0 Å². The average molecular weight is 440 g/mol. The van der Waals surface area contributed by atoms with Gasteiger partial charge in [0, 0.05) is 10.0 Å². The van der Waals surface area contributed by atoms with Crippen LogP contribution in [0.5, 0.6) is 0 Å². The number of hydrogen-bond donors (Lipinski definition) is 1. The van der Waals surface area contributed by atoms with Crippen molar-refractivity contribution in [2.75, 3.05) is 6.54 Å². The van der Waals surface area contributed by atoms with Crippen molar-refractivity contribution in [3.05, 3.63) is 67.1 Å². The smallest absolute Gasteiger partial charge is 0.137 e. The normalized spacial score (nSPS) is 12.5. The molecular formula is C15H12Br2ClF2N. The molecule has 0 saturated carbocycles. The lowest BCUT2D eigenvalue weighted by Gasteiger charge is -2.20. The van der Waals surface area contributed by atoms with Gasteiger partial charge in [0.25, 0.3) is 0 Å². The topological polar surface area (TPSA) is 12.0 Å². The Balaban J connectivity index is 2.52. The van der Waals surface area contributed by atoms with E-state index in [9.17, 15) is 8.78 Å². The third kappa shape index (κ3) is 3.83. The second-order valence-corrected chi connectivity index (χ2v) is 6.57. The molecular weight excluding hydrogens is 427 g/mol. The third-order valence-electron chi connectivity index (χ3n) is 3.04. The molecule has 0 fully saturated rings. The minimum absolute atomic E-state index is 0.339. The van der Waals surface area contributed by atoms with E-state index in [2.05, 4.69) is 37.2 Å². The summed E-state index contributed by atoms with van der Waals surface area (Å²) >= 11 is 12.4. The highest BCUT2D eigenvalue weighted by Crippen LogP contribution is 2.32. The van der Waals surface area contributed by atoms with Crippen LogP contribution in [0, 0.1) is 11.6 Å². The zero-order chi connectivity index (χ0) is 15.6. The molecule has 0 spiro atoms. The van der Waals surface area contributed by atoms with E-state index in [1.54, 1.807) is 18.2 Å². The molecule has 1 atom stereocenters. The zero-order valence-corrected chi connectivity index (χ0v) is 15.0. The van der Waals surface area contributed by atoms with E-state index in [-0.39, 0.29) is 11.6 Å². The van der Waals surface area contributed by atoms with Crippen LogP contribution in [0.3, 0.4) is 0 Å². The van der Waals surface area contributed by atoms with E-state index in [0.29, 0.717) is 26.1 Å². The minimum atomic E-state index is -0.405. The van der Waals surface area contributed by atoms with Gasteiger partial charge >= 0.3 is 0 Å². The van der Waals surface area contributed by atoms with Crippen LogP contribution >= 0.6 is 43.5 Å². The molecule has 1 unspecified atom stereocenters. The minimum Gasteiger partial charge on any atom is -0.306 e. The summed E-state index contributed by atoms with van der Waals surface area (Å²) in [6.45, 7) is 2.55. The Morgan fingerprint density at radius 1 is 1.10 bits per heavy atom. The second kappa shape index (κ2) is 7.18. The average Bonchev–Trinajstić information content (AvgIpc) is 2.44. The van der Waals surface area contributed by atoms with Crippen molar-refractivity contribution in [1.29, 1.82) is 0 Å². The summed E-state index contributed by atoms with van der Waals surface area (Å²) in [4.78, 5) is 0. The molecule has 6 heteroatoms. The van der Waals surface area contributed by atoms with Crippen LogP contribution in [-0.2, 0) is 0 Å². The Labute approximate surface area is 144 Å². The SMILES string of the molecule is CCNC(c1ccc(F)c(Br)c1)c1cc(Cl)c(Br)cc1F. The van der Waals surface area contributed by atoms with Crippen molar-refractivity contribution in [3.63, 3.8) is 0 Å². The highest BCUT2D eigenvalue weighted by molar-refractivity contribution is 9.10. The Morgan fingerprint density at radius 2 is 1.81 bits per heavy atom. The van der Waals surface area contributed by atoms with Crippen molar-refractivity contribution in [1.82, 2.24) is 5.32 Å². The Kier molecular flexibility index (Phi) is 5.77. The van der Waals surface area contributed by atoms with Crippen LogP contribution in [0.1, 0.15) is 24.1 Å². The molecule has 112 valence electrons. The van der Waals surface area contributed by atoms with Crippen molar-refractivity contribution < 1.29 is 8.78 Å². The number of benzene rings is 2. The first-order valence-electron chi connectivity index (χ1n) is 6.26. The van der Waals surface area contributed by atoms with Gasteiger partial charge in [0.15, 0.2) is 0 Å². The number of nitrogens with one attached hydrogen (secondary N) is 1. The van der Waals surface area contributed by atoms with Crippen LogP contribution in [0.2, 0.25) is 5.02 Å². The van der Waals surface area contributed by atoms with E-state index >= 15 is 0 Å². The summed E-state index contributed by atoms with van der Waals surface area (Å²) in [6.07, 6.45) is 0. The van der Waals surface area contributed by atoms with Crippen LogP contribution in [-0.4, -0.2) is 6.54 Å². The maximum absolute atomic E-state index is 14.3. The van der Waals surface area contributed by atoms with Gasteiger partial charge in [0.2, 0.25) is 0 Å². The van der Waals surface area contributed by atoms with E-state index in [0.717, 1.165) is 5.56 Å². The molecule has 2 aromatic rings. The monoisotopic (exact) mass is 437 g/mol. The lowest BCUT2D eigenvalue weighted by atomic mass is 9.98. The summed E-state index contributed by atoms with van der Waals surface area (Å²) < 4.78 is 28.5. The van der Waals surface area contributed by atoms with Crippen LogP contribution in [0.15, 0.2) is 39.3 Å². The highest BCUT2D eigenvalue weighted by atomic mass is 79.9. The standard InChI is InChI=1S/C15H12Br2ClF2N/c1-2-21-15(8-3-4-13(19)11(17)5-8)9-6-12(18)10(16)7-14(9)20/h3-7,15,21H,2H2,1H3. The van der Waals surface area contributed by atoms with Crippen LogP contribution in [0.4, 0.5) is 8.78 Å². The quantitative estimate of drug-likeness (QED) is 0.590. The molecule has 0 saturated heterocycles. The third-order valence-corrected chi connectivity index (χ3v) is 4.84. The molecule has 0 heterocycles. The van der Waals surface area contributed by atoms with Gasteiger partial charge in [0.1, 0.15) is 11.6 Å². The largest absolute Gasteiger partial charge is 0.306 e. The summed E-state index contributed by atoms with van der Waals surface area (Å²) in [6, 6.07) is 7.12. The molecule has 21 heavy (non-hydrogen) atoms. The van der Waals surface area contributed by atoms with Gasteiger partial charge in [-0.05, 0) is 68.2 Å². The lowest BCUT2D eigenvalue weighted by Crippen LogP contribution is -2.23. The highest BCUT2D eigenvalue weighted by Gasteiger charge is 2.19. The van der Waals surface area contributed by atoms with Gasteiger partial charge in [-0.15, -0.1) is 0 Å². The fourth-order valence-electron chi connectivity index (χ4n) is 2.06. The van der Waals surface area contributed by atoms with E-state index in [1.165, 1.54) is 12.1 Å². The number of hydrogen-bond acceptors (Lipinski definition) is 1. The maximum atomic E-state index is 14.3. The van der Waals surface area contributed by atoms with Crippen molar-refractivity contribution in [2.24, 2.45) is 0 Å². The van der Waals surface area contributed by atoms with Gasteiger partial charge in [-0.1, -0.05) is 24.6 Å². The molecule has 2 rings (SSSR count). The summed E-state index contributed by atoms with van der Waals surface area (Å²) in [5.41, 5.74) is 1.17. The molecule has 1 N–H and O–H groups in total. The van der Waals surface area contributed by atoms with Gasteiger partial charge in [0.05, 0.1) is 15.5 Å². The van der Waals surface area contributed by atoms with E-state index in [4.69, 9.17) is 11.6 Å². The maximum Gasteiger partial charge on any atom is 0.137 e. The molecule has 0 bridgehead atoms. The number of rotatable bonds is 4. The Bertz CT molecular complexity index is 664. The fraction of sp³-hybridized carbons (Fsp3) is 0.200. The van der Waals surface area contributed by atoms with E-state index in [1.807, 2.05) is 6.92 Å². The first-order valence-corrected chi connectivity index (χ1v) is 8.23. The van der Waals surface area contributed by atoms with Crippen molar-refractivity contribution in [3.8, 4) is 0 Å². The summed E-state index contributed by atoms with van der Waals surface area (Å²) in [5, 5.41) is 3.62. The number of halogens is 5. The molecule has 0 radical (unpaired) electrons. The molecule has 0 amide bonds. The predicted molar refractivity (Wildman–Crippen MR) is 88.7 cm³/mol. The molecule has 0 aliphatic heterocycles. The van der Waals surface area contributed by atoms with Gasteiger partial charge < -0.3 is 5.32 Å². The lowest BCUT2D eigenvalue weighted by molar-refractivity contribution is 0.556. The van der Waals surface area contributed by atoms with Gasteiger partial charge in [-0.25, -0.2) is 8.78 Å². The Morgan fingerprint density at radius 3 is 2.43 bits per heavy atom. The molecule has 2 aromatic carbocycles. The zero-order valence-electron chi connectivity index (χ0n) is 11.1. The summed E-state index contributed by atoms with van der Waals surface area (Å²) in [7, 11) is 0. The first kappa shape index (κ1) is 16.9. The van der Waals surface area contributed by atoms with Crippen LogP contribution in [0.25, 0.3) is 0 Å².